The summed E-state index contributed by atoms with van der Waals surface area (Å²) in [6, 6.07) is 0. The lowest BCUT2D eigenvalue weighted by Gasteiger charge is -1.71. The van der Waals surface area contributed by atoms with E-state index in [-0.39, 0.29) is 5.12 Å². The Labute approximate surface area is 77.0 Å². The van der Waals surface area contributed by atoms with Crippen LogP contribution in [0.4, 0.5) is 0 Å². The second kappa shape index (κ2) is 16.4. The first kappa shape index (κ1) is 17.1. The largest absolute Gasteiger partial charge is 0.481 e. The molecule has 0 bridgehead atoms. The van der Waals surface area contributed by atoms with Crippen LogP contribution in [0, 0.1) is 0 Å². The van der Waals surface area contributed by atoms with Crippen LogP contribution in [-0.2, 0) is 9.59 Å². The topological polar surface area (TPSA) is 54.4 Å². The molecule has 3 nitrogen and oxygen atoms in total. The molecule has 11 heavy (non-hydrogen) atoms. The summed E-state index contributed by atoms with van der Waals surface area (Å²) in [5.41, 5.74) is 0. The molecule has 68 valence electrons. The molecule has 0 unspecified atom stereocenters. The van der Waals surface area contributed by atoms with E-state index in [4.69, 9.17) is 9.90 Å². The van der Waals surface area contributed by atoms with Gasteiger partial charge in [-0.25, -0.2) is 0 Å². The molecule has 0 aromatic heterocycles. The van der Waals surface area contributed by atoms with Crippen molar-refractivity contribution in [3.63, 3.8) is 0 Å². The molecule has 1 N–H and O–H groups in total. The minimum atomic E-state index is -0.833. The Hall–Kier alpha value is -0.160. The highest BCUT2D eigenvalue weighted by Gasteiger charge is 1.77. The van der Waals surface area contributed by atoms with E-state index in [9.17, 15) is 4.79 Å². The lowest BCUT2D eigenvalue weighted by atomic mass is 10.9. The quantitative estimate of drug-likeness (QED) is 0.580. The average molecular weight is 198 g/mol. The number of hydrogen-bond acceptors (Lipinski definition) is 4. The van der Waals surface area contributed by atoms with Gasteiger partial charge in [0.2, 0.25) is 0 Å². The third-order valence-corrected chi connectivity index (χ3v) is 0.862. The van der Waals surface area contributed by atoms with Gasteiger partial charge in [0.25, 0.3) is 5.97 Å². The molecule has 0 heterocycles. The van der Waals surface area contributed by atoms with Gasteiger partial charge in [0, 0.05) is 13.8 Å². The number of aliphatic carboxylic acids is 1. The fourth-order valence-corrected chi connectivity index (χ4v) is 0. The lowest BCUT2D eigenvalue weighted by Crippen LogP contribution is -1.78. The van der Waals surface area contributed by atoms with Crippen LogP contribution in [0.2, 0.25) is 0 Å². The van der Waals surface area contributed by atoms with E-state index in [1.54, 1.807) is 19.4 Å². The van der Waals surface area contributed by atoms with E-state index in [2.05, 4.69) is 12.6 Å². The number of hydrogen-bond donors (Lipinski definition) is 2. The summed E-state index contributed by atoms with van der Waals surface area (Å²) < 4.78 is 0. The van der Waals surface area contributed by atoms with Crippen LogP contribution < -0.4 is 0 Å². The Bertz CT molecular complexity index is 100. The zero-order valence-corrected chi connectivity index (χ0v) is 8.83. The predicted octanol–water partition coefficient (Wildman–Crippen LogP) is 1.53. The Kier molecular flexibility index (Phi) is 25.5. The summed E-state index contributed by atoms with van der Waals surface area (Å²) >= 11 is 4.77. The monoisotopic (exact) mass is 198 g/mol. The van der Waals surface area contributed by atoms with Crippen molar-refractivity contribution >= 4 is 35.5 Å². The van der Waals surface area contributed by atoms with Gasteiger partial charge in [-0.3, -0.25) is 9.59 Å². The minimum absolute atomic E-state index is 0.171. The number of carboxylic acid groups (broad SMARTS) is 1. The number of carbonyl (C=O) groups is 2. The van der Waals surface area contributed by atoms with Gasteiger partial charge in [0.15, 0.2) is 5.12 Å². The Morgan fingerprint density at radius 2 is 1.36 bits per heavy atom. The molecular formula is C6H14O3S2. The van der Waals surface area contributed by atoms with Crippen LogP contribution in [0.5, 0.6) is 0 Å². The number of thiol groups is 1. The van der Waals surface area contributed by atoms with E-state index in [1.807, 2.05) is 0 Å². The zero-order valence-electron chi connectivity index (χ0n) is 7.12. The van der Waals surface area contributed by atoms with Crippen molar-refractivity contribution in [2.75, 3.05) is 12.5 Å². The fraction of sp³-hybridized carbons (Fsp3) is 0.667. The van der Waals surface area contributed by atoms with E-state index < -0.39 is 5.97 Å². The van der Waals surface area contributed by atoms with Crippen LogP contribution in [0.25, 0.3) is 0 Å². The van der Waals surface area contributed by atoms with Gasteiger partial charge < -0.3 is 5.11 Å². The molecule has 0 rings (SSSR count). The van der Waals surface area contributed by atoms with Crippen LogP contribution >= 0.6 is 24.4 Å². The van der Waals surface area contributed by atoms with Crippen LogP contribution in [0.15, 0.2) is 0 Å². The van der Waals surface area contributed by atoms with E-state index in [0.29, 0.717) is 0 Å². The number of thioether (sulfide) groups is 1. The van der Waals surface area contributed by atoms with Crippen molar-refractivity contribution in [1.29, 1.82) is 0 Å². The molecule has 0 saturated heterocycles. The number of carbonyl (C=O) groups excluding carboxylic acids is 1. The first-order valence-electron chi connectivity index (χ1n) is 2.69. The van der Waals surface area contributed by atoms with Gasteiger partial charge in [-0.1, -0.05) is 11.8 Å². The third-order valence-electron chi connectivity index (χ3n) is 0.287. The third kappa shape index (κ3) is 179. The molecule has 0 saturated carbocycles. The van der Waals surface area contributed by atoms with Crippen molar-refractivity contribution < 1.29 is 14.7 Å². The van der Waals surface area contributed by atoms with Gasteiger partial charge in [-0.15, -0.1) is 0 Å². The van der Waals surface area contributed by atoms with E-state index in [0.717, 1.165) is 6.92 Å². The maximum absolute atomic E-state index is 9.78. The first-order chi connectivity index (χ1) is 5.00. The van der Waals surface area contributed by atoms with Gasteiger partial charge >= 0.3 is 0 Å². The molecule has 0 aromatic carbocycles. The van der Waals surface area contributed by atoms with Gasteiger partial charge in [-0.05, 0) is 12.5 Å². The summed E-state index contributed by atoms with van der Waals surface area (Å²) in [5.74, 6) is -0.833. The van der Waals surface area contributed by atoms with Crippen molar-refractivity contribution in [3.05, 3.63) is 0 Å². The first-order valence-corrected chi connectivity index (χ1v) is 4.81. The summed E-state index contributed by atoms with van der Waals surface area (Å²) in [4.78, 5) is 18.8. The number of carboxylic acids is 1. The average Bonchev–Trinajstić information content (AvgIpc) is 1.91. The Morgan fingerprint density at radius 3 is 1.36 bits per heavy atom. The van der Waals surface area contributed by atoms with E-state index >= 15 is 0 Å². The molecule has 5 heteroatoms. The summed E-state index contributed by atoms with van der Waals surface area (Å²) in [7, 11) is 0. The molecule has 0 aromatic rings. The maximum Gasteiger partial charge on any atom is 0.300 e. The van der Waals surface area contributed by atoms with Crippen molar-refractivity contribution in [3.8, 4) is 0 Å². The van der Waals surface area contributed by atoms with Crippen molar-refractivity contribution in [1.82, 2.24) is 0 Å². The maximum atomic E-state index is 9.78. The molecule has 0 radical (unpaired) electrons. The summed E-state index contributed by atoms with van der Waals surface area (Å²) in [6.07, 6.45) is 3.46. The van der Waals surface area contributed by atoms with Crippen LogP contribution in [-0.4, -0.2) is 28.7 Å². The van der Waals surface area contributed by atoms with Crippen molar-refractivity contribution in [2.45, 2.75) is 13.8 Å². The predicted molar refractivity (Wildman–Crippen MR) is 52.4 cm³/mol. The Morgan fingerprint density at radius 1 is 1.27 bits per heavy atom. The van der Waals surface area contributed by atoms with Gasteiger partial charge in [0.1, 0.15) is 0 Å². The lowest BCUT2D eigenvalue weighted by molar-refractivity contribution is -0.134. The van der Waals surface area contributed by atoms with Crippen LogP contribution in [0.3, 0.4) is 0 Å². The molecule has 0 fully saturated rings. The van der Waals surface area contributed by atoms with E-state index in [1.165, 1.54) is 11.8 Å². The zero-order chi connectivity index (χ0) is 9.86. The summed E-state index contributed by atoms with van der Waals surface area (Å²) in [6.45, 7) is 2.63. The number of rotatable bonds is 0. The fourth-order valence-electron chi connectivity index (χ4n) is 0. The highest BCUT2D eigenvalue weighted by Crippen LogP contribution is 1.88. The molecule has 0 atom stereocenters. The molecule has 0 aliphatic heterocycles. The standard InChI is InChI=1S/C3H6OS.C2H4O2.CH4S/c1-3(4)5-2;1-2(3)4;1-2/h1-2H3;1H3,(H,3,4);2H,1H3. The molecular weight excluding hydrogens is 184 g/mol. The second-order valence-electron chi connectivity index (χ2n) is 1.21. The molecule has 0 amide bonds. The molecule has 0 aliphatic rings. The molecule has 0 spiro atoms. The SMILES string of the molecule is CC(=O)O.CS.CSC(C)=O. The summed E-state index contributed by atoms with van der Waals surface area (Å²) in [5, 5.41) is 7.59. The van der Waals surface area contributed by atoms with Gasteiger partial charge in [0.05, 0.1) is 0 Å². The Balaban J connectivity index is -0.0000000965. The molecule has 0 aliphatic carbocycles. The van der Waals surface area contributed by atoms with Crippen molar-refractivity contribution in [2.24, 2.45) is 0 Å². The van der Waals surface area contributed by atoms with Gasteiger partial charge in [-0.2, -0.15) is 12.6 Å². The highest BCUT2D eigenvalue weighted by atomic mass is 32.2. The normalized spacial score (nSPS) is 6.27. The minimum Gasteiger partial charge on any atom is -0.481 e. The second-order valence-corrected chi connectivity index (χ2v) is 2.20. The smallest absolute Gasteiger partial charge is 0.300 e. The van der Waals surface area contributed by atoms with Crippen LogP contribution in [0.1, 0.15) is 13.8 Å². The highest BCUT2D eigenvalue weighted by molar-refractivity contribution is 8.12.